The Bertz CT molecular complexity index is 999. The van der Waals surface area contributed by atoms with E-state index in [1.54, 1.807) is 43.0 Å². The Kier molecular flexibility index (Phi) is 5.98. The Hall–Kier alpha value is -2.09. The third-order valence-corrected chi connectivity index (χ3v) is 6.70. The van der Waals surface area contributed by atoms with Crippen LogP contribution < -0.4 is 4.72 Å². The van der Waals surface area contributed by atoms with E-state index < -0.39 is 16.1 Å². The monoisotopic (exact) mass is 422 g/mol. The van der Waals surface area contributed by atoms with E-state index in [4.69, 9.17) is 11.6 Å². The van der Waals surface area contributed by atoms with Gasteiger partial charge < -0.3 is 10.0 Å². The molecule has 3 rings (SSSR count). The Morgan fingerprint density at radius 2 is 1.82 bits per heavy atom. The van der Waals surface area contributed by atoms with Gasteiger partial charge in [0.05, 0.1) is 22.3 Å². The third-order valence-electron chi connectivity index (χ3n) is 4.94. The molecule has 0 atom stereocenters. The standard InChI is InChI=1S/C20H23ClN2O4S/c1-13-6-7-16(12-18(13)21)28(26,27)22-19-14(2)4-3-5-17(19)20(25)23-10-8-15(24)9-11-23/h3-7,12,15,22,24H,8-11H2,1-2H3. The summed E-state index contributed by atoms with van der Waals surface area (Å²) in [6, 6.07) is 9.60. The number of amides is 1. The molecule has 0 spiro atoms. The van der Waals surface area contributed by atoms with Crippen molar-refractivity contribution in [3.63, 3.8) is 0 Å². The largest absolute Gasteiger partial charge is 0.393 e. The number of anilines is 1. The van der Waals surface area contributed by atoms with Gasteiger partial charge in [-0.3, -0.25) is 9.52 Å². The number of hydrogen-bond acceptors (Lipinski definition) is 4. The minimum absolute atomic E-state index is 0.0332. The first kappa shape index (κ1) is 20.6. The Morgan fingerprint density at radius 3 is 2.46 bits per heavy atom. The molecule has 0 radical (unpaired) electrons. The van der Waals surface area contributed by atoms with Gasteiger partial charge >= 0.3 is 0 Å². The van der Waals surface area contributed by atoms with E-state index >= 15 is 0 Å². The van der Waals surface area contributed by atoms with Gasteiger partial charge in [-0.15, -0.1) is 0 Å². The first-order chi connectivity index (χ1) is 13.2. The lowest BCUT2D eigenvalue weighted by Crippen LogP contribution is -2.40. The summed E-state index contributed by atoms with van der Waals surface area (Å²) >= 11 is 6.08. The number of para-hydroxylation sites is 1. The van der Waals surface area contributed by atoms with Gasteiger partial charge in [-0.1, -0.05) is 29.8 Å². The molecule has 1 heterocycles. The molecular weight excluding hydrogens is 400 g/mol. The fraction of sp³-hybridized carbons (Fsp3) is 0.350. The van der Waals surface area contributed by atoms with E-state index in [1.807, 2.05) is 0 Å². The van der Waals surface area contributed by atoms with Gasteiger partial charge in [-0.25, -0.2) is 8.42 Å². The molecule has 1 amide bonds. The SMILES string of the molecule is Cc1ccc(S(=O)(=O)Nc2c(C)cccc2C(=O)N2CCC(O)CC2)cc1Cl. The van der Waals surface area contributed by atoms with Gasteiger partial charge in [0.1, 0.15) is 0 Å². The molecule has 150 valence electrons. The van der Waals surface area contributed by atoms with Gasteiger partial charge in [0, 0.05) is 18.1 Å². The Morgan fingerprint density at radius 1 is 1.14 bits per heavy atom. The summed E-state index contributed by atoms with van der Waals surface area (Å²) in [5.74, 6) is -0.254. The fourth-order valence-electron chi connectivity index (χ4n) is 3.15. The number of benzene rings is 2. The number of aryl methyl sites for hydroxylation is 2. The van der Waals surface area contributed by atoms with Crippen molar-refractivity contribution in [2.75, 3.05) is 17.8 Å². The van der Waals surface area contributed by atoms with Crippen LogP contribution in [0.5, 0.6) is 0 Å². The molecule has 1 saturated heterocycles. The molecule has 1 aliphatic heterocycles. The summed E-state index contributed by atoms with van der Waals surface area (Å²) in [5, 5.41) is 10.0. The Labute approximate surface area is 170 Å². The number of rotatable bonds is 4. The van der Waals surface area contributed by atoms with Crippen molar-refractivity contribution in [2.45, 2.75) is 37.7 Å². The van der Waals surface area contributed by atoms with Crippen LogP contribution in [0.2, 0.25) is 5.02 Å². The molecule has 0 saturated carbocycles. The number of piperidine rings is 1. The molecular formula is C20H23ClN2O4S. The van der Waals surface area contributed by atoms with E-state index in [0.29, 0.717) is 36.5 Å². The van der Waals surface area contributed by atoms with E-state index in [1.165, 1.54) is 12.1 Å². The van der Waals surface area contributed by atoms with Crippen molar-refractivity contribution in [2.24, 2.45) is 0 Å². The van der Waals surface area contributed by atoms with Gasteiger partial charge in [-0.2, -0.15) is 0 Å². The maximum Gasteiger partial charge on any atom is 0.261 e. The van der Waals surface area contributed by atoms with E-state index in [-0.39, 0.29) is 22.1 Å². The summed E-state index contributed by atoms with van der Waals surface area (Å²) < 4.78 is 28.3. The van der Waals surface area contributed by atoms with Crippen LogP contribution in [-0.2, 0) is 10.0 Å². The zero-order valence-corrected chi connectivity index (χ0v) is 17.3. The van der Waals surface area contributed by atoms with Gasteiger partial charge in [0.25, 0.3) is 15.9 Å². The van der Waals surface area contributed by atoms with Crippen molar-refractivity contribution < 1.29 is 18.3 Å². The number of sulfonamides is 1. The van der Waals surface area contributed by atoms with Crippen LogP contribution >= 0.6 is 11.6 Å². The highest BCUT2D eigenvalue weighted by Gasteiger charge is 2.26. The summed E-state index contributed by atoms with van der Waals surface area (Å²) in [6.07, 6.45) is 0.631. The third kappa shape index (κ3) is 4.32. The normalized spacial score (nSPS) is 15.5. The van der Waals surface area contributed by atoms with Crippen LogP contribution in [0, 0.1) is 13.8 Å². The highest BCUT2D eigenvalue weighted by atomic mass is 35.5. The van der Waals surface area contributed by atoms with Gasteiger partial charge in [0.2, 0.25) is 0 Å². The number of carbonyl (C=O) groups is 1. The van der Waals surface area contributed by atoms with E-state index in [0.717, 1.165) is 5.56 Å². The van der Waals surface area contributed by atoms with Crippen molar-refractivity contribution >= 4 is 33.2 Å². The number of nitrogens with one attached hydrogen (secondary N) is 1. The predicted octanol–water partition coefficient (Wildman–Crippen LogP) is 3.35. The summed E-state index contributed by atoms with van der Waals surface area (Å²) in [4.78, 5) is 14.7. The topological polar surface area (TPSA) is 86.7 Å². The molecule has 2 N–H and O–H groups in total. The molecule has 6 nitrogen and oxygen atoms in total. The summed E-state index contributed by atoms with van der Waals surface area (Å²) in [6.45, 7) is 4.41. The summed E-state index contributed by atoms with van der Waals surface area (Å²) in [5.41, 5.74) is 1.97. The summed E-state index contributed by atoms with van der Waals surface area (Å²) in [7, 11) is -3.92. The fourth-order valence-corrected chi connectivity index (χ4v) is 4.58. The highest BCUT2D eigenvalue weighted by molar-refractivity contribution is 7.92. The smallest absolute Gasteiger partial charge is 0.261 e. The van der Waals surface area contributed by atoms with Crippen LogP contribution in [0.4, 0.5) is 5.69 Å². The molecule has 1 aliphatic rings. The molecule has 1 fully saturated rings. The van der Waals surface area contributed by atoms with Crippen LogP contribution in [0.15, 0.2) is 41.3 Å². The lowest BCUT2D eigenvalue weighted by Gasteiger charge is -2.30. The first-order valence-corrected chi connectivity index (χ1v) is 10.9. The van der Waals surface area contributed by atoms with E-state index in [9.17, 15) is 18.3 Å². The zero-order valence-electron chi connectivity index (χ0n) is 15.8. The zero-order chi connectivity index (χ0) is 20.5. The van der Waals surface area contributed by atoms with Crippen LogP contribution in [0.3, 0.4) is 0 Å². The van der Waals surface area contributed by atoms with E-state index in [2.05, 4.69) is 4.72 Å². The molecule has 2 aromatic carbocycles. The minimum atomic E-state index is -3.92. The van der Waals surface area contributed by atoms with Crippen LogP contribution in [0.1, 0.15) is 34.3 Å². The second-order valence-corrected chi connectivity index (χ2v) is 9.13. The maximum atomic E-state index is 13.0. The lowest BCUT2D eigenvalue weighted by molar-refractivity contribution is 0.0547. The number of halogens is 1. The van der Waals surface area contributed by atoms with Gasteiger partial charge in [-0.05, 0) is 56.0 Å². The molecule has 28 heavy (non-hydrogen) atoms. The lowest BCUT2D eigenvalue weighted by atomic mass is 10.0. The number of carbonyl (C=O) groups excluding carboxylic acids is 1. The molecule has 0 bridgehead atoms. The minimum Gasteiger partial charge on any atom is -0.393 e. The second kappa shape index (κ2) is 8.11. The number of nitrogens with zero attached hydrogens (tertiary/aromatic N) is 1. The molecule has 0 unspecified atom stereocenters. The predicted molar refractivity (Wildman–Crippen MR) is 109 cm³/mol. The average molecular weight is 423 g/mol. The number of aliphatic hydroxyl groups excluding tert-OH is 1. The molecule has 0 aromatic heterocycles. The number of hydrogen-bond donors (Lipinski definition) is 2. The quantitative estimate of drug-likeness (QED) is 0.790. The maximum absolute atomic E-state index is 13.0. The highest BCUT2D eigenvalue weighted by Crippen LogP contribution is 2.28. The van der Waals surface area contributed by atoms with Crippen molar-refractivity contribution in [1.82, 2.24) is 4.90 Å². The number of aliphatic hydroxyl groups is 1. The average Bonchev–Trinajstić information content (AvgIpc) is 2.65. The molecule has 0 aliphatic carbocycles. The molecule has 8 heteroatoms. The van der Waals surface area contributed by atoms with Crippen molar-refractivity contribution in [1.29, 1.82) is 0 Å². The van der Waals surface area contributed by atoms with Crippen LogP contribution in [0.25, 0.3) is 0 Å². The van der Waals surface area contributed by atoms with Crippen molar-refractivity contribution in [3.05, 3.63) is 58.1 Å². The second-order valence-electron chi connectivity index (χ2n) is 7.04. The molecule has 2 aromatic rings. The first-order valence-electron chi connectivity index (χ1n) is 9.05. The number of likely N-dealkylation sites (tertiary alicyclic amines) is 1. The van der Waals surface area contributed by atoms with Crippen molar-refractivity contribution in [3.8, 4) is 0 Å². The van der Waals surface area contributed by atoms with Gasteiger partial charge in [0.15, 0.2) is 0 Å². The Balaban J connectivity index is 1.94. The van der Waals surface area contributed by atoms with Crippen LogP contribution in [-0.4, -0.2) is 43.5 Å².